The molecular formula is C17H18FN3O2. The van der Waals surface area contributed by atoms with Gasteiger partial charge in [-0.05, 0) is 44.0 Å². The first-order chi connectivity index (χ1) is 11.1. The molecule has 1 saturated heterocycles. The fourth-order valence-corrected chi connectivity index (χ4v) is 2.64. The fourth-order valence-electron chi connectivity index (χ4n) is 2.64. The van der Waals surface area contributed by atoms with Crippen molar-refractivity contribution in [2.45, 2.75) is 25.9 Å². The normalized spacial score (nSPS) is 17.8. The number of carbonyl (C=O) groups is 1. The molecule has 23 heavy (non-hydrogen) atoms. The summed E-state index contributed by atoms with van der Waals surface area (Å²) in [6, 6.07) is 9.37. The molecule has 1 aromatic carbocycles. The summed E-state index contributed by atoms with van der Waals surface area (Å²) in [7, 11) is 0. The molecule has 0 N–H and O–H groups in total. The van der Waals surface area contributed by atoms with Crippen LogP contribution < -0.4 is 4.74 Å². The van der Waals surface area contributed by atoms with Gasteiger partial charge >= 0.3 is 0 Å². The summed E-state index contributed by atoms with van der Waals surface area (Å²) < 4.78 is 19.1. The van der Waals surface area contributed by atoms with Crippen LogP contribution in [0.1, 0.15) is 28.9 Å². The second kappa shape index (κ2) is 6.73. The quantitative estimate of drug-likeness (QED) is 0.873. The zero-order chi connectivity index (χ0) is 16.2. The first kappa shape index (κ1) is 15.4. The Hall–Kier alpha value is -2.50. The van der Waals surface area contributed by atoms with E-state index in [9.17, 15) is 9.18 Å². The molecule has 0 saturated carbocycles. The Morgan fingerprint density at radius 1 is 1.30 bits per heavy atom. The second-order valence-electron chi connectivity index (χ2n) is 5.66. The van der Waals surface area contributed by atoms with Crippen LogP contribution in [0, 0.1) is 12.7 Å². The van der Waals surface area contributed by atoms with E-state index in [0.29, 0.717) is 24.5 Å². The molecule has 3 rings (SSSR count). The number of aryl methyl sites for hydroxylation is 1. The smallest absolute Gasteiger partial charge is 0.254 e. The molecule has 1 fully saturated rings. The van der Waals surface area contributed by atoms with E-state index in [1.54, 1.807) is 23.1 Å². The molecule has 0 radical (unpaired) electrons. The van der Waals surface area contributed by atoms with Crippen LogP contribution in [0.5, 0.6) is 5.88 Å². The monoisotopic (exact) mass is 315 g/mol. The van der Waals surface area contributed by atoms with Crippen molar-refractivity contribution in [2.75, 3.05) is 13.1 Å². The van der Waals surface area contributed by atoms with Gasteiger partial charge in [-0.2, -0.15) is 5.10 Å². The summed E-state index contributed by atoms with van der Waals surface area (Å²) in [4.78, 5) is 14.2. The third kappa shape index (κ3) is 3.83. The van der Waals surface area contributed by atoms with Crippen molar-refractivity contribution in [3.63, 3.8) is 0 Å². The van der Waals surface area contributed by atoms with Crippen LogP contribution in [-0.4, -0.2) is 40.2 Å². The van der Waals surface area contributed by atoms with Gasteiger partial charge in [-0.25, -0.2) is 4.39 Å². The first-order valence-electron chi connectivity index (χ1n) is 7.63. The van der Waals surface area contributed by atoms with Crippen LogP contribution in [0.4, 0.5) is 4.39 Å². The maximum atomic E-state index is 13.3. The number of nitrogens with zero attached hydrogens (tertiary/aromatic N) is 3. The van der Waals surface area contributed by atoms with Crippen molar-refractivity contribution in [1.82, 2.24) is 15.1 Å². The minimum absolute atomic E-state index is 0.127. The molecule has 1 aliphatic heterocycles. The highest BCUT2D eigenvalue weighted by Gasteiger charge is 2.26. The predicted molar refractivity (Wildman–Crippen MR) is 82.7 cm³/mol. The molecule has 1 unspecified atom stereocenters. The van der Waals surface area contributed by atoms with Crippen LogP contribution in [0.25, 0.3) is 0 Å². The van der Waals surface area contributed by atoms with Crippen molar-refractivity contribution in [1.29, 1.82) is 0 Å². The van der Waals surface area contributed by atoms with Gasteiger partial charge in [-0.15, -0.1) is 5.10 Å². The summed E-state index contributed by atoms with van der Waals surface area (Å²) in [5.41, 5.74) is 1.18. The van der Waals surface area contributed by atoms with Gasteiger partial charge in [0.05, 0.1) is 12.2 Å². The lowest BCUT2D eigenvalue weighted by atomic mass is 10.1. The van der Waals surface area contributed by atoms with E-state index in [4.69, 9.17) is 4.74 Å². The molecule has 120 valence electrons. The SMILES string of the molecule is Cc1ccc(OC2CCCN(C(=O)c3cccc(F)c3)C2)nn1. The number of amides is 1. The molecule has 5 nitrogen and oxygen atoms in total. The molecule has 0 bridgehead atoms. The van der Waals surface area contributed by atoms with Gasteiger partial charge in [0.15, 0.2) is 0 Å². The first-order valence-corrected chi connectivity index (χ1v) is 7.63. The number of aromatic nitrogens is 2. The Labute approximate surface area is 134 Å². The number of carbonyl (C=O) groups excluding carboxylic acids is 1. The molecule has 1 aliphatic rings. The zero-order valence-electron chi connectivity index (χ0n) is 12.9. The Morgan fingerprint density at radius 3 is 2.91 bits per heavy atom. The topological polar surface area (TPSA) is 55.3 Å². The van der Waals surface area contributed by atoms with Crippen molar-refractivity contribution < 1.29 is 13.9 Å². The van der Waals surface area contributed by atoms with Crippen LogP contribution in [0.3, 0.4) is 0 Å². The van der Waals surface area contributed by atoms with Gasteiger partial charge in [-0.3, -0.25) is 4.79 Å². The molecule has 1 atom stereocenters. The molecule has 2 heterocycles. The Balaban J connectivity index is 1.66. The van der Waals surface area contributed by atoms with Gasteiger partial charge in [0, 0.05) is 18.2 Å². The number of likely N-dealkylation sites (tertiary alicyclic amines) is 1. The Bertz CT molecular complexity index is 690. The lowest BCUT2D eigenvalue weighted by Crippen LogP contribution is -2.44. The summed E-state index contributed by atoms with van der Waals surface area (Å²) in [6.07, 6.45) is 1.56. The minimum Gasteiger partial charge on any atom is -0.471 e. The van der Waals surface area contributed by atoms with Gasteiger partial charge < -0.3 is 9.64 Å². The molecule has 0 spiro atoms. The zero-order valence-corrected chi connectivity index (χ0v) is 12.9. The highest BCUT2D eigenvalue weighted by molar-refractivity contribution is 5.94. The number of rotatable bonds is 3. The summed E-state index contributed by atoms with van der Waals surface area (Å²) in [5.74, 6) is -0.121. The highest BCUT2D eigenvalue weighted by atomic mass is 19.1. The number of benzene rings is 1. The van der Waals surface area contributed by atoms with Crippen LogP contribution in [0.2, 0.25) is 0 Å². The van der Waals surface area contributed by atoms with E-state index in [1.165, 1.54) is 12.1 Å². The van der Waals surface area contributed by atoms with Gasteiger partial charge in [0.25, 0.3) is 5.91 Å². The van der Waals surface area contributed by atoms with Crippen LogP contribution in [0.15, 0.2) is 36.4 Å². The number of piperidine rings is 1. The third-order valence-corrected chi connectivity index (χ3v) is 3.80. The van der Waals surface area contributed by atoms with Gasteiger partial charge in [0.1, 0.15) is 11.9 Å². The fraction of sp³-hybridized carbons (Fsp3) is 0.353. The summed E-state index contributed by atoms with van der Waals surface area (Å²) in [5, 5.41) is 7.95. The number of hydrogen-bond acceptors (Lipinski definition) is 4. The maximum absolute atomic E-state index is 13.3. The highest BCUT2D eigenvalue weighted by Crippen LogP contribution is 2.18. The molecular weight excluding hydrogens is 297 g/mol. The Morgan fingerprint density at radius 2 is 2.17 bits per heavy atom. The largest absolute Gasteiger partial charge is 0.471 e. The number of halogens is 1. The minimum atomic E-state index is -0.407. The molecule has 2 aromatic rings. The van der Waals surface area contributed by atoms with Gasteiger partial charge in [-0.1, -0.05) is 6.07 Å². The Kier molecular flexibility index (Phi) is 4.50. The lowest BCUT2D eigenvalue weighted by molar-refractivity contribution is 0.0525. The molecule has 1 aromatic heterocycles. The van der Waals surface area contributed by atoms with Crippen molar-refractivity contribution in [3.8, 4) is 5.88 Å². The average molecular weight is 315 g/mol. The molecule has 6 heteroatoms. The molecule has 1 amide bonds. The summed E-state index contributed by atoms with van der Waals surface area (Å²) in [6.45, 7) is 2.97. The van der Waals surface area contributed by atoms with Gasteiger partial charge in [0.2, 0.25) is 5.88 Å². The van der Waals surface area contributed by atoms with E-state index >= 15 is 0 Å². The van der Waals surface area contributed by atoms with Crippen LogP contribution in [-0.2, 0) is 0 Å². The second-order valence-corrected chi connectivity index (χ2v) is 5.66. The third-order valence-electron chi connectivity index (χ3n) is 3.80. The van der Waals surface area contributed by atoms with Crippen molar-refractivity contribution in [3.05, 3.63) is 53.5 Å². The predicted octanol–water partition coefficient (Wildman–Crippen LogP) is 2.61. The number of hydrogen-bond donors (Lipinski definition) is 0. The molecule has 0 aliphatic carbocycles. The van der Waals surface area contributed by atoms with Crippen molar-refractivity contribution in [2.24, 2.45) is 0 Å². The van der Waals surface area contributed by atoms with E-state index in [0.717, 1.165) is 18.5 Å². The van der Waals surface area contributed by atoms with E-state index in [1.807, 2.05) is 13.0 Å². The average Bonchev–Trinajstić information content (AvgIpc) is 2.56. The van der Waals surface area contributed by atoms with Crippen LogP contribution >= 0.6 is 0 Å². The lowest BCUT2D eigenvalue weighted by Gasteiger charge is -2.32. The van der Waals surface area contributed by atoms with E-state index in [2.05, 4.69) is 10.2 Å². The van der Waals surface area contributed by atoms with E-state index in [-0.39, 0.29) is 12.0 Å². The maximum Gasteiger partial charge on any atom is 0.254 e. The summed E-state index contributed by atoms with van der Waals surface area (Å²) >= 11 is 0. The van der Waals surface area contributed by atoms with E-state index < -0.39 is 5.82 Å². The number of ether oxygens (including phenoxy) is 1. The standard InChI is InChI=1S/C17H18FN3O2/c1-12-7-8-16(20-19-12)23-15-6-3-9-21(11-15)17(22)13-4-2-5-14(18)10-13/h2,4-5,7-8,10,15H,3,6,9,11H2,1H3. The van der Waals surface area contributed by atoms with Crippen molar-refractivity contribution >= 4 is 5.91 Å².